The summed E-state index contributed by atoms with van der Waals surface area (Å²) in [5.74, 6) is -0.883. The maximum Gasteiger partial charge on any atom is 0.261 e. The van der Waals surface area contributed by atoms with Gasteiger partial charge in [0, 0.05) is 12.1 Å². The molecule has 0 atom stereocenters. The van der Waals surface area contributed by atoms with Gasteiger partial charge in [0.2, 0.25) is 0 Å². The summed E-state index contributed by atoms with van der Waals surface area (Å²) in [7, 11) is -3.94. The smallest absolute Gasteiger partial charge is 0.261 e. The van der Waals surface area contributed by atoms with E-state index in [0.29, 0.717) is 6.54 Å². The molecule has 1 amide bonds. The van der Waals surface area contributed by atoms with E-state index in [-0.39, 0.29) is 27.1 Å². The van der Waals surface area contributed by atoms with Gasteiger partial charge in [0.1, 0.15) is 5.82 Å². The molecule has 2 aromatic rings. The van der Waals surface area contributed by atoms with Crippen molar-refractivity contribution in [1.82, 2.24) is 5.32 Å². The van der Waals surface area contributed by atoms with Crippen LogP contribution in [0, 0.1) is 5.82 Å². The number of amides is 1. The number of anilines is 1. The molecule has 0 spiro atoms. The van der Waals surface area contributed by atoms with Gasteiger partial charge in [-0.3, -0.25) is 9.52 Å². The molecule has 122 valence electrons. The van der Waals surface area contributed by atoms with Crippen LogP contribution in [0.15, 0.2) is 47.4 Å². The number of hydrogen-bond acceptors (Lipinski definition) is 3. The van der Waals surface area contributed by atoms with Crippen molar-refractivity contribution in [1.29, 1.82) is 0 Å². The van der Waals surface area contributed by atoms with Crippen molar-refractivity contribution in [2.24, 2.45) is 0 Å². The molecule has 0 heterocycles. The van der Waals surface area contributed by atoms with Gasteiger partial charge in [-0.25, -0.2) is 12.8 Å². The molecule has 0 bridgehead atoms. The van der Waals surface area contributed by atoms with Gasteiger partial charge in [0.15, 0.2) is 0 Å². The van der Waals surface area contributed by atoms with Crippen molar-refractivity contribution in [3.8, 4) is 0 Å². The fourth-order valence-corrected chi connectivity index (χ4v) is 3.12. The molecule has 2 aromatic carbocycles. The number of halogens is 2. The van der Waals surface area contributed by atoms with Gasteiger partial charge in [-0.2, -0.15) is 0 Å². The van der Waals surface area contributed by atoms with Gasteiger partial charge >= 0.3 is 0 Å². The number of carbonyl (C=O) groups is 1. The number of carbonyl (C=O) groups excluding carboxylic acids is 1. The van der Waals surface area contributed by atoms with Crippen LogP contribution in [0.5, 0.6) is 0 Å². The SMILES string of the molecule is CCNC(=O)c1ccc(Cl)c(NS(=O)(=O)c2ccc(F)cc2)c1. The predicted octanol–water partition coefficient (Wildman–Crippen LogP) is 3.03. The normalized spacial score (nSPS) is 11.1. The molecule has 0 aliphatic rings. The fraction of sp³-hybridized carbons (Fsp3) is 0.133. The first-order valence-corrected chi connectivity index (χ1v) is 8.55. The van der Waals surface area contributed by atoms with E-state index < -0.39 is 15.8 Å². The Hall–Kier alpha value is -2.12. The van der Waals surface area contributed by atoms with E-state index in [1.165, 1.54) is 18.2 Å². The lowest BCUT2D eigenvalue weighted by Gasteiger charge is -2.11. The summed E-state index contributed by atoms with van der Waals surface area (Å²) in [5, 5.41) is 2.75. The lowest BCUT2D eigenvalue weighted by atomic mass is 10.2. The van der Waals surface area contributed by atoms with Gasteiger partial charge in [0.05, 0.1) is 15.6 Å². The molecule has 0 unspecified atom stereocenters. The number of benzene rings is 2. The molecular formula is C15H14ClFN2O3S. The average Bonchev–Trinajstić information content (AvgIpc) is 2.50. The minimum Gasteiger partial charge on any atom is -0.352 e. The Balaban J connectivity index is 2.33. The highest BCUT2D eigenvalue weighted by Gasteiger charge is 2.17. The van der Waals surface area contributed by atoms with Crippen molar-refractivity contribution < 1.29 is 17.6 Å². The summed E-state index contributed by atoms with van der Waals surface area (Å²) in [5.41, 5.74) is 0.341. The van der Waals surface area contributed by atoms with Gasteiger partial charge in [0.25, 0.3) is 15.9 Å². The van der Waals surface area contributed by atoms with Gasteiger partial charge in [-0.1, -0.05) is 11.6 Å². The number of nitrogens with one attached hydrogen (secondary N) is 2. The molecule has 8 heteroatoms. The van der Waals surface area contributed by atoms with Crippen LogP contribution in [-0.2, 0) is 10.0 Å². The molecule has 2 rings (SSSR count). The molecule has 0 saturated carbocycles. The minimum absolute atomic E-state index is 0.0692. The second kappa shape index (κ2) is 6.97. The van der Waals surface area contributed by atoms with Crippen LogP contribution >= 0.6 is 11.6 Å². The predicted molar refractivity (Wildman–Crippen MR) is 86.7 cm³/mol. The Morgan fingerprint density at radius 3 is 2.43 bits per heavy atom. The molecule has 23 heavy (non-hydrogen) atoms. The molecule has 0 aliphatic carbocycles. The highest BCUT2D eigenvalue weighted by atomic mass is 35.5. The maximum absolute atomic E-state index is 12.9. The van der Waals surface area contributed by atoms with Crippen LogP contribution in [0.3, 0.4) is 0 Å². The summed E-state index contributed by atoms with van der Waals surface area (Å²) in [6.07, 6.45) is 0. The van der Waals surface area contributed by atoms with Crippen LogP contribution in [0.4, 0.5) is 10.1 Å². The summed E-state index contributed by atoms with van der Waals surface area (Å²) >= 11 is 5.98. The summed E-state index contributed by atoms with van der Waals surface area (Å²) in [4.78, 5) is 11.7. The molecule has 0 aromatic heterocycles. The molecule has 0 radical (unpaired) electrons. The number of sulfonamides is 1. The van der Waals surface area contributed by atoms with Gasteiger partial charge < -0.3 is 5.32 Å². The van der Waals surface area contributed by atoms with Gasteiger partial charge in [-0.05, 0) is 49.4 Å². The van der Waals surface area contributed by atoms with Crippen molar-refractivity contribution in [2.75, 3.05) is 11.3 Å². The Bertz CT molecular complexity index is 823. The van der Waals surface area contributed by atoms with Crippen LogP contribution in [0.1, 0.15) is 17.3 Å². The van der Waals surface area contributed by atoms with Crippen LogP contribution in [0.2, 0.25) is 5.02 Å². The Morgan fingerprint density at radius 2 is 1.83 bits per heavy atom. The molecule has 0 aliphatic heterocycles. The van der Waals surface area contributed by atoms with Crippen LogP contribution in [0.25, 0.3) is 0 Å². The molecule has 0 fully saturated rings. The van der Waals surface area contributed by atoms with Crippen LogP contribution in [-0.4, -0.2) is 20.9 Å². The maximum atomic E-state index is 12.9. The highest BCUT2D eigenvalue weighted by molar-refractivity contribution is 7.92. The average molecular weight is 357 g/mol. The van der Waals surface area contributed by atoms with E-state index in [1.54, 1.807) is 6.92 Å². The van der Waals surface area contributed by atoms with Crippen molar-refractivity contribution >= 4 is 33.2 Å². The first-order chi connectivity index (χ1) is 10.8. The fourth-order valence-electron chi connectivity index (χ4n) is 1.82. The van der Waals surface area contributed by atoms with Crippen molar-refractivity contribution in [2.45, 2.75) is 11.8 Å². The van der Waals surface area contributed by atoms with E-state index in [1.807, 2.05) is 0 Å². The lowest BCUT2D eigenvalue weighted by Crippen LogP contribution is -2.23. The molecule has 5 nitrogen and oxygen atoms in total. The number of rotatable bonds is 5. The Morgan fingerprint density at radius 1 is 1.17 bits per heavy atom. The Labute approximate surface area is 138 Å². The van der Waals surface area contributed by atoms with Crippen LogP contribution < -0.4 is 10.0 Å². The summed E-state index contributed by atoms with van der Waals surface area (Å²) in [6, 6.07) is 8.62. The largest absolute Gasteiger partial charge is 0.352 e. The minimum atomic E-state index is -3.94. The topological polar surface area (TPSA) is 75.3 Å². The second-order valence-corrected chi connectivity index (χ2v) is 6.70. The summed E-state index contributed by atoms with van der Waals surface area (Å²) < 4.78 is 39.8. The van der Waals surface area contributed by atoms with E-state index in [2.05, 4.69) is 10.0 Å². The third-order valence-corrected chi connectivity index (χ3v) is 4.65. The third kappa shape index (κ3) is 4.20. The van der Waals surface area contributed by atoms with Gasteiger partial charge in [-0.15, -0.1) is 0 Å². The third-order valence-electron chi connectivity index (χ3n) is 2.93. The zero-order valence-corrected chi connectivity index (χ0v) is 13.7. The quantitative estimate of drug-likeness (QED) is 0.864. The Kier molecular flexibility index (Phi) is 5.23. The number of hydrogen-bond donors (Lipinski definition) is 2. The van der Waals surface area contributed by atoms with Crippen molar-refractivity contribution in [3.63, 3.8) is 0 Å². The lowest BCUT2D eigenvalue weighted by molar-refractivity contribution is 0.0956. The zero-order valence-electron chi connectivity index (χ0n) is 12.1. The van der Waals surface area contributed by atoms with Crippen molar-refractivity contribution in [3.05, 3.63) is 58.9 Å². The van der Waals surface area contributed by atoms with E-state index in [9.17, 15) is 17.6 Å². The molecule has 2 N–H and O–H groups in total. The van der Waals surface area contributed by atoms with E-state index >= 15 is 0 Å². The highest BCUT2D eigenvalue weighted by Crippen LogP contribution is 2.26. The first-order valence-electron chi connectivity index (χ1n) is 6.69. The second-order valence-electron chi connectivity index (χ2n) is 4.61. The molecular weight excluding hydrogens is 343 g/mol. The zero-order chi connectivity index (χ0) is 17.0. The summed E-state index contributed by atoms with van der Waals surface area (Å²) in [6.45, 7) is 2.21. The van der Waals surface area contributed by atoms with E-state index in [0.717, 1.165) is 24.3 Å². The molecule has 0 saturated heterocycles. The monoisotopic (exact) mass is 356 g/mol. The van der Waals surface area contributed by atoms with E-state index in [4.69, 9.17) is 11.6 Å². The first kappa shape index (κ1) is 17.2. The standard InChI is InChI=1S/C15H14ClFN2O3S/c1-2-18-15(20)10-3-8-13(16)14(9-10)19-23(21,22)12-6-4-11(17)5-7-12/h3-9,19H,2H2,1H3,(H,18,20).